The topological polar surface area (TPSA) is 63.3 Å². The summed E-state index contributed by atoms with van der Waals surface area (Å²) in [7, 11) is 0. The van der Waals surface area contributed by atoms with Crippen LogP contribution in [0.1, 0.15) is 18.0 Å². The summed E-state index contributed by atoms with van der Waals surface area (Å²) in [6.07, 6.45) is -0.242. The molecule has 1 rings (SSSR count). The quantitative estimate of drug-likeness (QED) is 0.754. The number of hydrogen-bond acceptors (Lipinski definition) is 3. The molecule has 0 aliphatic rings. The number of rotatable bonds is 3. The Morgan fingerprint density at radius 1 is 1.83 bits per heavy atom. The third-order valence-electron chi connectivity index (χ3n) is 1.44. The summed E-state index contributed by atoms with van der Waals surface area (Å²) in [6, 6.07) is 0.766. The maximum absolute atomic E-state index is 12.8. The van der Waals surface area contributed by atoms with Gasteiger partial charge in [-0.1, -0.05) is 0 Å². The van der Waals surface area contributed by atoms with Gasteiger partial charge in [0.05, 0.1) is 6.42 Å². The van der Waals surface area contributed by atoms with E-state index in [4.69, 9.17) is 10.8 Å². The second kappa shape index (κ2) is 3.64. The van der Waals surface area contributed by atoms with Gasteiger partial charge in [0.2, 0.25) is 0 Å². The number of aliphatic carboxylic acids is 1. The Labute approximate surface area is 72.6 Å². The first-order valence-corrected chi connectivity index (χ1v) is 4.19. The lowest BCUT2D eigenvalue weighted by molar-refractivity contribution is -0.137. The minimum atomic E-state index is -1.02. The van der Waals surface area contributed by atoms with Crippen LogP contribution in [-0.4, -0.2) is 11.1 Å². The van der Waals surface area contributed by atoms with E-state index in [9.17, 15) is 9.18 Å². The standard InChI is InChI=1S/C7H8FNO2S/c8-7-4(1-2-12-7)5(9)3-6(10)11/h1-2,5H,3,9H2,(H,10,11)/t5-/m0/s1. The number of carboxylic acid groups (broad SMARTS) is 1. The first kappa shape index (κ1) is 9.15. The fourth-order valence-electron chi connectivity index (χ4n) is 0.868. The van der Waals surface area contributed by atoms with Crippen LogP contribution in [0.15, 0.2) is 11.4 Å². The molecule has 0 bridgehead atoms. The third-order valence-corrected chi connectivity index (χ3v) is 2.15. The van der Waals surface area contributed by atoms with E-state index in [1.54, 1.807) is 5.38 Å². The molecule has 0 saturated heterocycles. The van der Waals surface area contributed by atoms with Crippen molar-refractivity contribution in [2.75, 3.05) is 0 Å². The van der Waals surface area contributed by atoms with E-state index in [1.807, 2.05) is 0 Å². The maximum atomic E-state index is 12.8. The van der Waals surface area contributed by atoms with Gasteiger partial charge in [-0.2, -0.15) is 4.39 Å². The van der Waals surface area contributed by atoms with E-state index >= 15 is 0 Å². The van der Waals surface area contributed by atoms with E-state index in [0.717, 1.165) is 11.3 Å². The maximum Gasteiger partial charge on any atom is 0.305 e. The van der Waals surface area contributed by atoms with E-state index < -0.39 is 17.1 Å². The summed E-state index contributed by atoms with van der Waals surface area (Å²) in [6.45, 7) is 0. The monoisotopic (exact) mass is 189 g/mol. The Morgan fingerprint density at radius 3 is 2.92 bits per heavy atom. The molecule has 0 unspecified atom stereocenters. The number of hydrogen-bond donors (Lipinski definition) is 2. The van der Waals surface area contributed by atoms with Crippen LogP contribution in [0.3, 0.4) is 0 Å². The van der Waals surface area contributed by atoms with Crippen LogP contribution in [0.25, 0.3) is 0 Å². The Hall–Kier alpha value is -0.940. The Morgan fingerprint density at radius 2 is 2.50 bits per heavy atom. The first-order valence-electron chi connectivity index (χ1n) is 3.31. The molecule has 0 spiro atoms. The lowest BCUT2D eigenvalue weighted by atomic mass is 10.1. The summed E-state index contributed by atoms with van der Waals surface area (Å²) < 4.78 is 12.8. The average molecular weight is 189 g/mol. The van der Waals surface area contributed by atoms with Gasteiger partial charge in [-0.3, -0.25) is 4.79 Å². The van der Waals surface area contributed by atoms with Crippen LogP contribution >= 0.6 is 11.3 Å². The zero-order chi connectivity index (χ0) is 9.14. The van der Waals surface area contributed by atoms with Crippen LogP contribution in [0.2, 0.25) is 0 Å². The Bertz CT molecular complexity index is 287. The van der Waals surface area contributed by atoms with Gasteiger partial charge in [0, 0.05) is 11.6 Å². The molecule has 0 aliphatic heterocycles. The normalized spacial score (nSPS) is 12.8. The smallest absolute Gasteiger partial charge is 0.305 e. The molecule has 0 saturated carbocycles. The van der Waals surface area contributed by atoms with Crippen LogP contribution in [-0.2, 0) is 4.79 Å². The predicted octanol–water partition coefficient (Wildman–Crippen LogP) is 1.36. The number of carbonyl (C=O) groups is 1. The molecule has 12 heavy (non-hydrogen) atoms. The van der Waals surface area contributed by atoms with Crippen LogP contribution in [0, 0.1) is 5.13 Å². The third kappa shape index (κ3) is 2.02. The summed E-state index contributed by atoms with van der Waals surface area (Å²) >= 11 is 0.920. The van der Waals surface area contributed by atoms with Crippen molar-refractivity contribution in [3.05, 3.63) is 22.1 Å². The molecule has 66 valence electrons. The zero-order valence-electron chi connectivity index (χ0n) is 6.16. The van der Waals surface area contributed by atoms with Gasteiger partial charge in [0.15, 0.2) is 5.13 Å². The summed E-state index contributed by atoms with van der Waals surface area (Å²) in [5.74, 6) is -1.02. The van der Waals surface area contributed by atoms with Crippen LogP contribution in [0.4, 0.5) is 4.39 Å². The molecule has 1 heterocycles. The number of halogens is 1. The largest absolute Gasteiger partial charge is 0.481 e. The highest BCUT2D eigenvalue weighted by atomic mass is 32.1. The predicted molar refractivity (Wildman–Crippen MR) is 43.5 cm³/mol. The highest BCUT2D eigenvalue weighted by Crippen LogP contribution is 2.21. The summed E-state index contributed by atoms with van der Waals surface area (Å²) in [5.41, 5.74) is 5.71. The molecule has 1 atom stereocenters. The van der Waals surface area contributed by atoms with E-state index in [-0.39, 0.29) is 12.0 Å². The molecule has 1 aromatic heterocycles. The van der Waals surface area contributed by atoms with Crippen molar-refractivity contribution in [1.82, 2.24) is 0 Å². The van der Waals surface area contributed by atoms with Gasteiger partial charge in [0.25, 0.3) is 0 Å². The fourth-order valence-corrected chi connectivity index (χ4v) is 1.56. The molecular weight excluding hydrogens is 181 g/mol. The zero-order valence-corrected chi connectivity index (χ0v) is 6.97. The van der Waals surface area contributed by atoms with Gasteiger partial charge in [-0.15, -0.1) is 11.3 Å². The molecule has 3 nitrogen and oxygen atoms in total. The molecule has 0 aromatic carbocycles. The van der Waals surface area contributed by atoms with Crippen LogP contribution in [0.5, 0.6) is 0 Å². The van der Waals surface area contributed by atoms with Crippen molar-refractivity contribution < 1.29 is 14.3 Å². The SMILES string of the molecule is N[C@@H](CC(=O)O)c1ccsc1F. The molecule has 0 fully saturated rings. The van der Waals surface area contributed by atoms with Crippen molar-refractivity contribution in [3.63, 3.8) is 0 Å². The molecule has 0 amide bonds. The average Bonchev–Trinajstić information content (AvgIpc) is 2.33. The van der Waals surface area contributed by atoms with Crippen molar-refractivity contribution in [2.45, 2.75) is 12.5 Å². The lowest BCUT2D eigenvalue weighted by Crippen LogP contribution is -2.15. The number of nitrogens with two attached hydrogens (primary N) is 1. The summed E-state index contributed by atoms with van der Waals surface area (Å²) in [4.78, 5) is 10.2. The highest BCUT2D eigenvalue weighted by molar-refractivity contribution is 7.08. The van der Waals surface area contributed by atoms with Crippen molar-refractivity contribution in [2.24, 2.45) is 5.73 Å². The number of carboxylic acids is 1. The first-order chi connectivity index (χ1) is 5.61. The van der Waals surface area contributed by atoms with Crippen LogP contribution < -0.4 is 5.73 Å². The fraction of sp³-hybridized carbons (Fsp3) is 0.286. The minimum Gasteiger partial charge on any atom is -0.481 e. The molecule has 5 heteroatoms. The minimum absolute atomic E-state index is 0.242. The van der Waals surface area contributed by atoms with Gasteiger partial charge >= 0.3 is 5.97 Å². The molecule has 0 radical (unpaired) electrons. The summed E-state index contributed by atoms with van der Waals surface area (Å²) in [5, 5.41) is 9.52. The molecule has 1 aromatic rings. The highest BCUT2D eigenvalue weighted by Gasteiger charge is 2.15. The van der Waals surface area contributed by atoms with Crippen molar-refractivity contribution >= 4 is 17.3 Å². The van der Waals surface area contributed by atoms with Crippen molar-refractivity contribution in [1.29, 1.82) is 0 Å². The Balaban J connectivity index is 2.71. The van der Waals surface area contributed by atoms with Gasteiger partial charge < -0.3 is 10.8 Å². The van der Waals surface area contributed by atoms with Crippen molar-refractivity contribution in [3.8, 4) is 0 Å². The van der Waals surface area contributed by atoms with E-state index in [1.165, 1.54) is 6.07 Å². The van der Waals surface area contributed by atoms with E-state index in [2.05, 4.69) is 0 Å². The lowest BCUT2D eigenvalue weighted by Gasteiger charge is -2.05. The van der Waals surface area contributed by atoms with Gasteiger partial charge in [0.1, 0.15) is 0 Å². The molecule has 3 N–H and O–H groups in total. The molecule has 0 aliphatic carbocycles. The Kier molecular flexibility index (Phi) is 2.78. The second-order valence-corrected chi connectivity index (χ2v) is 3.22. The van der Waals surface area contributed by atoms with Gasteiger partial charge in [-0.25, -0.2) is 0 Å². The van der Waals surface area contributed by atoms with E-state index in [0.29, 0.717) is 0 Å². The second-order valence-electron chi connectivity index (χ2n) is 2.35. The number of thiophene rings is 1. The molecular formula is C7H8FNO2S. The van der Waals surface area contributed by atoms with Gasteiger partial charge in [-0.05, 0) is 11.4 Å².